The van der Waals surface area contributed by atoms with Crippen LogP contribution < -0.4 is 15.0 Å². The van der Waals surface area contributed by atoms with Crippen molar-refractivity contribution in [2.45, 2.75) is 32.7 Å². The molecule has 1 fully saturated rings. The van der Waals surface area contributed by atoms with Gasteiger partial charge in [0.15, 0.2) is 11.5 Å². The van der Waals surface area contributed by atoms with Gasteiger partial charge < -0.3 is 19.9 Å². The smallest absolute Gasteiger partial charge is 0.253 e. The molecule has 0 radical (unpaired) electrons. The maximum atomic E-state index is 12.9. The highest BCUT2D eigenvalue weighted by Gasteiger charge is 2.33. The number of fused-ring (bicyclic) bond motifs is 2. The minimum absolute atomic E-state index is 0.0496. The van der Waals surface area contributed by atoms with Gasteiger partial charge in [0.1, 0.15) is 5.84 Å². The third kappa shape index (κ3) is 4.29. The lowest BCUT2D eigenvalue weighted by atomic mass is 9.99. The van der Waals surface area contributed by atoms with Crippen LogP contribution in [0.4, 0.5) is 11.4 Å². The second kappa shape index (κ2) is 9.43. The van der Waals surface area contributed by atoms with Gasteiger partial charge >= 0.3 is 0 Å². The van der Waals surface area contributed by atoms with Gasteiger partial charge in [-0.3, -0.25) is 14.7 Å². The summed E-state index contributed by atoms with van der Waals surface area (Å²) in [6, 6.07) is 14.5. The molecule has 0 spiro atoms. The van der Waals surface area contributed by atoms with Crippen molar-refractivity contribution in [1.29, 1.82) is 0 Å². The molecule has 0 atom stereocenters. The topological polar surface area (TPSA) is 60.4 Å². The first-order valence-corrected chi connectivity index (χ1v) is 12.2. The number of amides is 1. The van der Waals surface area contributed by atoms with Crippen LogP contribution in [0.3, 0.4) is 0 Å². The van der Waals surface area contributed by atoms with Crippen LogP contribution in [-0.4, -0.2) is 73.4 Å². The zero-order chi connectivity index (χ0) is 22.8. The van der Waals surface area contributed by atoms with E-state index >= 15 is 0 Å². The Morgan fingerprint density at radius 1 is 1.09 bits per heavy atom. The molecule has 1 saturated heterocycles. The Morgan fingerprint density at radius 2 is 1.85 bits per heavy atom. The average molecular weight is 448 g/mol. The standard InChI is InChI=1S/C26H33N5O2/c1-3-30(4-2)26(32)19-9-10-22-24(17-19)33-23-8-6-5-7-21(23)31(22)20-11-15-29(16-12-20)18-25-27-13-14-28-25/h5-10,17,20H,3-4,11-16,18H2,1-2H3,(H,27,28). The molecule has 2 aromatic rings. The van der Waals surface area contributed by atoms with E-state index in [1.54, 1.807) is 0 Å². The molecule has 3 aliphatic heterocycles. The van der Waals surface area contributed by atoms with Gasteiger partial charge in [-0.05, 0) is 57.0 Å². The Bertz CT molecular complexity index is 1040. The number of rotatable bonds is 6. The van der Waals surface area contributed by atoms with E-state index in [0.29, 0.717) is 24.7 Å². The molecule has 2 aromatic carbocycles. The van der Waals surface area contributed by atoms with Gasteiger partial charge in [-0.15, -0.1) is 0 Å². The number of aliphatic imine (C=N–C) groups is 1. The molecule has 174 valence electrons. The molecule has 7 heteroatoms. The van der Waals surface area contributed by atoms with Crippen molar-refractivity contribution >= 4 is 23.1 Å². The number of amidine groups is 1. The molecular formula is C26H33N5O2. The Balaban J connectivity index is 1.39. The number of benzene rings is 2. The third-order valence-electron chi connectivity index (χ3n) is 6.90. The number of carbonyl (C=O) groups excluding carboxylic acids is 1. The summed E-state index contributed by atoms with van der Waals surface area (Å²) < 4.78 is 6.30. The predicted molar refractivity (Wildman–Crippen MR) is 132 cm³/mol. The fourth-order valence-corrected chi connectivity index (χ4v) is 5.11. The molecular weight excluding hydrogens is 414 g/mol. The van der Waals surface area contributed by atoms with Gasteiger partial charge in [0.05, 0.1) is 24.5 Å². The molecule has 1 amide bonds. The van der Waals surface area contributed by atoms with Gasteiger partial charge in [0.25, 0.3) is 5.91 Å². The molecule has 3 aliphatic rings. The van der Waals surface area contributed by atoms with E-state index in [2.05, 4.69) is 38.3 Å². The molecule has 0 saturated carbocycles. The normalized spacial score (nSPS) is 18.1. The van der Waals surface area contributed by atoms with Crippen molar-refractivity contribution in [3.05, 3.63) is 48.0 Å². The Kier molecular flexibility index (Phi) is 6.22. The minimum Gasteiger partial charge on any atom is -0.453 e. The maximum Gasteiger partial charge on any atom is 0.253 e. The molecule has 5 rings (SSSR count). The summed E-state index contributed by atoms with van der Waals surface area (Å²) in [5, 5.41) is 3.39. The van der Waals surface area contributed by atoms with Crippen molar-refractivity contribution in [1.82, 2.24) is 15.1 Å². The average Bonchev–Trinajstić information content (AvgIpc) is 3.36. The maximum absolute atomic E-state index is 12.9. The molecule has 0 unspecified atom stereocenters. The van der Waals surface area contributed by atoms with Crippen molar-refractivity contribution in [2.75, 3.05) is 50.7 Å². The molecule has 0 bridgehead atoms. The first-order valence-electron chi connectivity index (χ1n) is 12.2. The lowest BCUT2D eigenvalue weighted by molar-refractivity contribution is 0.0772. The van der Waals surface area contributed by atoms with Gasteiger partial charge in [0.2, 0.25) is 0 Å². The van der Waals surface area contributed by atoms with Crippen molar-refractivity contribution in [3.63, 3.8) is 0 Å². The number of piperidine rings is 1. The van der Waals surface area contributed by atoms with Crippen LogP contribution in [0.15, 0.2) is 47.5 Å². The fraction of sp³-hybridized carbons (Fsp3) is 0.462. The summed E-state index contributed by atoms with van der Waals surface area (Å²) >= 11 is 0. The lowest BCUT2D eigenvalue weighted by Crippen LogP contribution is -2.46. The summed E-state index contributed by atoms with van der Waals surface area (Å²) in [6.07, 6.45) is 2.14. The molecule has 1 N–H and O–H groups in total. The number of nitrogens with one attached hydrogen (secondary N) is 1. The molecule has 7 nitrogen and oxygen atoms in total. The Morgan fingerprint density at radius 3 is 2.58 bits per heavy atom. The number of hydrogen-bond acceptors (Lipinski definition) is 6. The molecule has 33 heavy (non-hydrogen) atoms. The second-order valence-electron chi connectivity index (χ2n) is 8.86. The zero-order valence-electron chi connectivity index (χ0n) is 19.6. The highest BCUT2D eigenvalue weighted by molar-refractivity contribution is 5.96. The van der Waals surface area contributed by atoms with Crippen LogP contribution >= 0.6 is 0 Å². The number of hydrogen-bond donors (Lipinski definition) is 1. The van der Waals surface area contributed by atoms with Crippen LogP contribution in [0.5, 0.6) is 11.5 Å². The number of likely N-dealkylation sites (tertiary alicyclic amines) is 1. The van der Waals surface area contributed by atoms with E-state index in [-0.39, 0.29) is 5.91 Å². The third-order valence-corrected chi connectivity index (χ3v) is 6.90. The summed E-state index contributed by atoms with van der Waals surface area (Å²) in [5.74, 6) is 2.79. The lowest BCUT2D eigenvalue weighted by Gasteiger charge is -2.42. The van der Waals surface area contributed by atoms with Crippen LogP contribution in [0, 0.1) is 0 Å². The van der Waals surface area contributed by atoms with Crippen LogP contribution in [-0.2, 0) is 0 Å². The summed E-state index contributed by atoms with van der Waals surface area (Å²) in [4.78, 5) is 24.3. The van der Waals surface area contributed by atoms with Crippen molar-refractivity contribution in [2.24, 2.45) is 4.99 Å². The SMILES string of the molecule is CCN(CC)C(=O)c1ccc2c(c1)Oc1ccccc1N2C1CCN(CC2=NCCN2)CC1. The predicted octanol–water partition coefficient (Wildman–Crippen LogP) is 3.88. The fourth-order valence-electron chi connectivity index (χ4n) is 5.11. The zero-order valence-corrected chi connectivity index (χ0v) is 19.6. The van der Waals surface area contributed by atoms with Crippen LogP contribution in [0.1, 0.15) is 37.0 Å². The first kappa shape index (κ1) is 21.8. The number of carbonyl (C=O) groups is 1. The molecule has 0 aromatic heterocycles. The van der Waals surface area contributed by atoms with E-state index < -0.39 is 0 Å². The highest BCUT2D eigenvalue weighted by atomic mass is 16.5. The van der Waals surface area contributed by atoms with Gasteiger partial charge in [-0.1, -0.05) is 12.1 Å². The Hall–Kier alpha value is -3.06. The quantitative estimate of drug-likeness (QED) is 0.728. The number of anilines is 2. The van der Waals surface area contributed by atoms with Gasteiger partial charge in [-0.2, -0.15) is 0 Å². The van der Waals surface area contributed by atoms with Crippen LogP contribution in [0.2, 0.25) is 0 Å². The summed E-state index contributed by atoms with van der Waals surface area (Å²) in [5.41, 5.74) is 2.83. The number of para-hydroxylation sites is 2. The summed E-state index contributed by atoms with van der Waals surface area (Å²) in [7, 11) is 0. The number of ether oxygens (including phenoxy) is 1. The van der Waals surface area contributed by atoms with E-state index in [1.165, 1.54) is 0 Å². The first-order chi connectivity index (χ1) is 16.2. The van der Waals surface area contributed by atoms with E-state index in [0.717, 1.165) is 74.3 Å². The van der Waals surface area contributed by atoms with Gasteiger partial charge in [-0.25, -0.2) is 0 Å². The van der Waals surface area contributed by atoms with Crippen LogP contribution in [0.25, 0.3) is 0 Å². The monoisotopic (exact) mass is 447 g/mol. The molecule has 3 heterocycles. The second-order valence-corrected chi connectivity index (χ2v) is 8.86. The molecule has 0 aliphatic carbocycles. The highest BCUT2D eigenvalue weighted by Crippen LogP contribution is 2.49. The van der Waals surface area contributed by atoms with Crippen molar-refractivity contribution < 1.29 is 9.53 Å². The van der Waals surface area contributed by atoms with Gasteiger partial charge in [0, 0.05) is 44.3 Å². The van der Waals surface area contributed by atoms with E-state index in [4.69, 9.17) is 4.74 Å². The van der Waals surface area contributed by atoms with E-state index in [9.17, 15) is 4.79 Å². The largest absolute Gasteiger partial charge is 0.453 e. The minimum atomic E-state index is 0.0496. The van der Waals surface area contributed by atoms with E-state index in [1.807, 2.05) is 43.0 Å². The Labute approximate surface area is 196 Å². The van der Waals surface area contributed by atoms with Crippen molar-refractivity contribution in [3.8, 4) is 11.5 Å². The number of nitrogens with zero attached hydrogens (tertiary/aromatic N) is 4. The summed E-state index contributed by atoms with van der Waals surface area (Å²) in [6.45, 7) is 10.3.